The number of rotatable bonds is 7. The van der Waals surface area contributed by atoms with Crippen LogP contribution in [0.1, 0.15) is 17.3 Å². The Bertz CT molecular complexity index is 717. The number of allylic oxidation sites excluding steroid dienone is 3. The lowest BCUT2D eigenvalue weighted by Crippen LogP contribution is -2.24. The summed E-state index contributed by atoms with van der Waals surface area (Å²) in [5.41, 5.74) is 0.774. The predicted octanol–water partition coefficient (Wildman–Crippen LogP) is 1.94. The van der Waals surface area contributed by atoms with Gasteiger partial charge in [-0.2, -0.15) is 0 Å². The first-order valence-electron chi connectivity index (χ1n) is 6.79. The quantitative estimate of drug-likeness (QED) is 0.329. The number of hydrogen-bond donors (Lipinski definition) is 0. The molecule has 0 aromatic heterocycles. The lowest BCUT2D eigenvalue weighted by atomic mass is 10.1. The fourth-order valence-corrected chi connectivity index (χ4v) is 2.07. The molecule has 0 aliphatic rings. The molecular weight excluding hydrogens is 318 g/mol. The highest BCUT2D eigenvalue weighted by Crippen LogP contribution is 2.16. The van der Waals surface area contributed by atoms with E-state index in [1.807, 2.05) is 6.92 Å². The number of ketones is 1. The molecule has 0 aliphatic carbocycles. The molecule has 0 radical (unpaired) electrons. The number of carbonyl (C=O) groups excluding carboxylic acids is 2. The topological polar surface area (TPSA) is 80.8 Å². The van der Waals surface area contributed by atoms with Crippen LogP contribution in [0.15, 0.2) is 48.6 Å². The van der Waals surface area contributed by atoms with Crippen molar-refractivity contribution < 1.29 is 22.7 Å². The molecule has 0 saturated heterocycles. The van der Waals surface area contributed by atoms with Gasteiger partial charge >= 0.3 is 5.97 Å². The van der Waals surface area contributed by atoms with Gasteiger partial charge in [0.05, 0.1) is 11.9 Å². The third-order valence-electron chi connectivity index (χ3n) is 2.93. The molecule has 0 N–H and O–H groups in total. The normalized spacial score (nSPS) is 11.8. The molecule has 0 unspecified atom stereocenters. The second kappa shape index (κ2) is 8.28. The largest absolute Gasteiger partial charge is 0.454 e. The van der Waals surface area contributed by atoms with Gasteiger partial charge in [-0.25, -0.2) is 13.2 Å². The number of hydrogen-bond acceptors (Lipinski definition) is 5. The van der Waals surface area contributed by atoms with E-state index in [9.17, 15) is 18.0 Å². The first kappa shape index (κ1) is 18.6. The molecule has 1 aromatic rings. The molecule has 0 spiro atoms. The van der Waals surface area contributed by atoms with E-state index in [1.54, 1.807) is 12.2 Å². The minimum atomic E-state index is -3.36. The van der Waals surface area contributed by atoms with Gasteiger partial charge in [-0.05, 0) is 31.2 Å². The lowest BCUT2D eigenvalue weighted by Gasteiger charge is -2.16. The Hall–Kier alpha value is -2.41. The van der Waals surface area contributed by atoms with Gasteiger partial charge < -0.3 is 4.74 Å². The summed E-state index contributed by atoms with van der Waals surface area (Å²) in [6.07, 6.45) is 7.25. The zero-order valence-corrected chi connectivity index (χ0v) is 14.0. The third kappa shape index (κ3) is 6.07. The van der Waals surface area contributed by atoms with Crippen molar-refractivity contribution in [2.45, 2.75) is 6.92 Å². The Labute approximate surface area is 136 Å². The van der Waals surface area contributed by atoms with Crippen LogP contribution in [0.2, 0.25) is 0 Å². The summed E-state index contributed by atoms with van der Waals surface area (Å²) in [5.74, 6) is -0.976. The first-order chi connectivity index (χ1) is 10.8. The van der Waals surface area contributed by atoms with Crippen LogP contribution in [0, 0.1) is 0 Å². The van der Waals surface area contributed by atoms with E-state index in [0.717, 1.165) is 10.6 Å². The van der Waals surface area contributed by atoms with E-state index in [4.69, 9.17) is 4.74 Å². The van der Waals surface area contributed by atoms with Crippen molar-refractivity contribution in [3.8, 4) is 0 Å². The Morgan fingerprint density at radius 3 is 2.30 bits per heavy atom. The molecule has 1 rings (SSSR count). The van der Waals surface area contributed by atoms with Crippen LogP contribution in [-0.2, 0) is 19.6 Å². The molecule has 23 heavy (non-hydrogen) atoms. The molecule has 7 heteroatoms. The second-order valence-electron chi connectivity index (χ2n) is 4.69. The molecule has 1 aromatic carbocycles. The van der Waals surface area contributed by atoms with Crippen LogP contribution in [0.5, 0.6) is 0 Å². The van der Waals surface area contributed by atoms with Gasteiger partial charge in [0.2, 0.25) is 10.0 Å². The van der Waals surface area contributed by atoms with E-state index < -0.39 is 16.0 Å². The monoisotopic (exact) mass is 337 g/mol. The van der Waals surface area contributed by atoms with Crippen LogP contribution in [0.3, 0.4) is 0 Å². The average Bonchev–Trinajstić information content (AvgIpc) is 2.51. The first-order valence-corrected chi connectivity index (χ1v) is 8.64. The molecule has 0 fully saturated rings. The van der Waals surface area contributed by atoms with Crippen molar-refractivity contribution in [1.82, 2.24) is 0 Å². The second-order valence-corrected chi connectivity index (χ2v) is 6.71. The van der Waals surface area contributed by atoms with Gasteiger partial charge in [0, 0.05) is 18.7 Å². The third-order valence-corrected chi connectivity index (χ3v) is 4.14. The number of anilines is 1. The predicted molar refractivity (Wildman–Crippen MR) is 88.9 cm³/mol. The summed E-state index contributed by atoms with van der Waals surface area (Å²) in [4.78, 5) is 23.2. The van der Waals surface area contributed by atoms with Gasteiger partial charge in [-0.1, -0.05) is 18.2 Å². The maximum atomic E-state index is 11.9. The van der Waals surface area contributed by atoms with Crippen LogP contribution < -0.4 is 4.31 Å². The summed E-state index contributed by atoms with van der Waals surface area (Å²) < 4.78 is 28.8. The summed E-state index contributed by atoms with van der Waals surface area (Å²) >= 11 is 0. The van der Waals surface area contributed by atoms with Crippen LogP contribution in [0.4, 0.5) is 5.69 Å². The molecule has 0 aliphatic heterocycles. The average molecular weight is 337 g/mol. The number of sulfonamides is 1. The molecule has 6 nitrogen and oxygen atoms in total. The van der Waals surface area contributed by atoms with Gasteiger partial charge in [0.25, 0.3) is 0 Å². The molecule has 0 amide bonds. The van der Waals surface area contributed by atoms with Gasteiger partial charge in [-0.3, -0.25) is 9.10 Å². The molecule has 0 heterocycles. The van der Waals surface area contributed by atoms with E-state index in [2.05, 4.69) is 0 Å². The lowest BCUT2D eigenvalue weighted by molar-refractivity contribution is -0.136. The van der Waals surface area contributed by atoms with Gasteiger partial charge in [-0.15, -0.1) is 0 Å². The van der Waals surface area contributed by atoms with Crippen LogP contribution in [-0.4, -0.2) is 40.1 Å². The Kier molecular flexibility index (Phi) is 6.71. The fraction of sp³-hybridized carbons (Fsp3) is 0.250. The number of benzene rings is 1. The van der Waals surface area contributed by atoms with Crippen LogP contribution in [0.25, 0.3) is 0 Å². The van der Waals surface area contributed by atoms with Crippen molar-refractivity contribution in [1.29, 1.82) is 0 Å². The molecule has 0 atom stereocenters. The molecule has 0 saturated carbocycles. The van der Waals surface area contributed by atoms with E-state index >= 15 is 0 Å². The van der Waals surface area contributed by atoms with E-state index in [-0.39, 0.29) is 12.4 Å². The number of carbonyl (C=O) groups is 2. The highest BCUT2D eigenvalue weighted by atomic mass is 32.2. The molecule has 0 bridgehead atoms. The van der Waals surface area contributed by atoms with Gasteiger partial charge in [0.15, 0.2) is 12.4 Å². The zero-order valence-electron chi connectivity index (χ0n) is 13.2. The maximum absolute atomic E-state index is 11.9. The van der Waals surface area contributed by atoms with Gasteiger partial charge in [0.1, 0.15) is 0 Å². The number of ether oxygens (including phenoxy) is 1. The molecular formula is C16H19NO5S. The summed E-state index contributed by atoms with van der Waals surface area (Å²) in [7, 11) is -1.93. The Balaban J connectivity index is 2.66. The van der Waals surface area contributed by atoms with Crippen molar-refractivity contribution in [3.63, 3.8) is 0 Å². The fourth-order valence-electron chi connectivity index (χ4n) is 1.56. The minimum absolute atomic E-state index is 0.334. The SMILES string of the molecule is CC=CC=CC(=O)OCC(=O)c1ccc(N(C)S(C)(=O)=O)cc1. The maximum Gasteiger partial charge on any atom is 0.331 e. The van der Waals surface area contributed by atoms with Crippen molar-refractivity contribution in [3.05, 3.63) is 54.1 Å². The number of Topliss-reactive ketones (excluding diaryl/α,β-unsaturated/α-hetero) is 1. The van der Waals surface area contributed by atoms with Crippen LogP contribution >= 0.6 is 0 Å². The highest BCUT2D eigenvalue weighted by molar-refractivity contribution is 7.92. The van der Waals surface area contributed by atoms with Crippen molar-refractivity contribution in [2.75, 3.05) is 24.2 Å². The Morgan fingerprint density at radius 2 is 1.78 bits per heavy atom. The smallest absolute Gasteiger partial charge is 0.331 e. The van der Waals surface area contributed by atoms with E-state index in [1.165, 1.54) is 43.5 Å². The Morgan fingerprint density at radius 1 is 1.17 bits per heavy atom. The summed E-state index contributed by atoms with van der Waals surface area (Å²) in [6.45, 7) is 1.43. The minimum Gasteiger partial charge on any atom is -0.454 e. The van der Waals surface area contributed by atoms with E-state index in [0.29, 0.717) is 11.3 Å². The zero-order chi connectivity index (χ0) is 17.5. The number of esters is 1. The standard InChI is InChI=1S/C16H19NO5S/c1-4-5-6-7-16(19)22-12-15(18)13-8-10-14(11-9-13)17(2)23(3,20)21/h4-11H,12H2,1-3H3. The summed E-state index contributed by atoms with van der Waals surface area (Å²) in [5, 5.41) is 0. The van der Waals surface area contributed by atoms with Crippen molar-refractivity contribution >= 4 is 27.5 Å². The summed E-state index contributed by atoms with van der Waals surface area (Å²) in [6, 6.07) is 6.01. The molecule has 124 valence electrons. The van der Waals surface area contributed by atoms with Crippen molar-refractivity contribution in [2.24, 2.45) is 0 Å². The highest BCUT2D eigenvalue weighted by Gasteiger charge is 2.13. The number of nitrogens with zero attached hydrogens (tertiary/aromatic N) is 1.